The number of aliphatic hydroxyl groups is 1. The van der Waals surface area contributed by atoms with Crippen LogP contribution in [0.5, 0.6) is 5.75 Å². The van der Waals surface area contributed by atoms with Gasteiger partial charge in [0.15, 0.2) is 5.60 Å². The molecule has 10 heteroatoms. The number of hydrogen-bond donors (Lipinski definition) is 2. The first-order valence-corrected chi connectivity index (χ1v) is 13.8. The van der Waals surface area contributed by atoms with Gasteiger partial charge in [0, 0.05) is 68.2 Å². The molecule has 5 rings (SSSR count). The smallest absolute Gasteiger partial charge is 0.336 e. The summed E-state index contributed by atoms with van der Waals surface area (Å²) in [5, 5.41) is 10.2. The molecule has 2 aromatic heterocycles. The summed E-state index contributed by atoms with van der Waals surface area (Å²) < 4.78 is 18.2. The Morgan fingerprint density at radius 3 is 2.68 bits per heavy atom. The molecule has 1 fully saturated rings. The Labute approximate surface area is 237 Å². The zero-order valence-corrected chi connectivity index (χ0v) is 23.6. The number of benzene rings is 1. The van der Waals surface area contributed by atoms with Gasteiger partial charge in [-0.05, 0) is 62.1 Å². The number of anilines is 1. The number of fused-ring (bicyclic) bond motifs is 2. The topological polar surface area (TPSA) is 145 Å². The molecule has 216 valence electrons. The van der Waals surface area contributed by atoms with E-state index in [-0.39, 0.29) is 31.8 Å². The standard InChI is InChI=1S/C31H35N3O7/c1-4-19(8-11-35)29(38)41-30(2,3)31(17-22-12-20-6-7-28(37)39-24(20)15-25(22)40-31)16-21-13-26(32)33-18-23(21)14-27(36)34-9-5-10-34/h4,6-7,12-13,15,18,35H,5,8-11,14,16-17H2,1-3H3,(H2,32,33)/b19-4+/t31-/m0/s1. The summed E-state index contributed by atoms with van der Waals surface area (Å²) in [7, 11) is 0. The van der Waals surface area contributed by atoms with Crippen molar-refractivity contribution < 1.29 is 28.6 Å². The Hall–Kier alpha value is -4.18. The van der Waals surface area contributed by atoms with Crippen molar-refractivity contribution in [3.05, 3.63) is 75.3 Å². The van der Waals surface area contributed by atoms with Crippen molar-refractivity contribution in [2.75, 3.05) is 25.4 Å². The van der Waals surface area contributed by atoms with E-state index in [4.69, 9.17) is 19.6 Å². The van der Waals surface area contributed by atoms with Gasteiger partial charge >= 0.3 is 11.6 Å². The van der Waals surface area contributed by atoms with Gasteiger partial charge < -0.3 is 29.6 Å². The monoisotopic (exact) mass is 561 g/mol. The lowest BCUT2D eigenvalue weighted by atomic mass is 9.76. The number of aromatic nitrogens is 1. The van der Waals surface area contributed by atoms with Crippen LogP contribution in [0.15, 0.2) is 57.4 Å². The molecular formula is C31H35N3O7. The highest BCUT2D eigenvalue weighted by Crippen LogP contribution is 2.46. The van der Waals surface area contributed by atoms with Crippen LogP contribution in [0.4, 0.5) is 5.82 Å². The molecule has 0 unspecified atom stereocenters. The van der Waals surface area contributed by atoms with Gasteiger partial charge in [-0.1, -0.05) is 6.08 Å². The lowest BCUT2D eigenvalue weighted by molar-refractivity contribution is -0.174. The Morgan fingerprint density at radius 1 is 1.22 bits per heavy atom. The molecule has 1 atom stereocenters. The van der Waals surface area contributed by atoms with Crippen molar-refractivity contribution in [3.8, 4) is 5.75 Å². The van der Waals surface area contributed by atoms with Crippen LogP contribution in [-0.2, 0) is 33.6 Å². The van der Waals surface area contributed by atoms with Crippen molar-refractivity contribution in [2.45, 2.75) is 64.1 Å². The van der Waals surface area contributed by atoms with Crippen LogP contribution in [-0.4, -0.2) is 57.8 Å². The first-order chi connectivity index (χ1) is 19.5. The van der Waals surface area contributed by atoms with Crippen LogP contribution in [0.25, 0.3) is 11.0 Å². The number of pyridine rings is 1. The van der Waals surface area contributed by atoms with E-state index < -0.39 is 22.8 Å². The van der Waals surface area contributed by atoms with Crippen molar-refractivity contribution >= 4 is 28.7 Å². The minimum Gasteiger partial charge on any atom is -0.482 e. The number of nitrogens with two attached hydrogens (primary N) is 1. The molecule has 1 saturated heterocycles. The lowest BCUT2D eigenvalue weighted by Gasteiger charge is -2.43. The first-order valence-electron chi connectivity index (χ1n) is 13.8. The van der Waals surface area contributed by atoms with Crippen molar-refractivity contribution in [3.63, 3.8) is 0 Å². The fraction of sp³-hybridized carbons (Fsp3) is 0.419. The molecule has 4 heterocycles. The van der Waals surface area contributed by atoms with Gasteiger partial charge in [0.05, 0.1) is 6.42 Å². The van der Waals surface area contributed by atoms with Crippen molar-refractivity contribution in [1.82, 2.24) is 9.88 Å². The van der Waals surface area contributed by atoms with Crippen LogP contribution in [0.1, 0.15) is 50.3 Å². The summed E-state index contributed by atoms with van der Waals surface area (Å²) in [6.45, 7) is 6.60. The molecule has 0 spiro atoms. The minimum atomic E-state index is -1.20. The van der Waals surface area contributed by atoms with Crippen LogP contribution in [0.2, 0.25) is 0 Å². The van der Waals surface area contributed by atoms with E-state index in [9.17, 15) is 19.5 Å². The number of rotatable bonds is 9. The Balaban J connectivity index is 1.56. The average molecular weight is 562 g/mol. The number of carbonyl (C=O) groups is 2. The fourth-order valence-electron chi connectivity index (χ4n) is 5.47. The van der Waals surface area contributed by atoms with Gasteiger partial charge in [-0.15, -0.1) is 0 Å². The van der Waals surface area contributed by atoms with Gasteiger partial charge in [0.2, 0.25) is 5.91 Å². The van der Waals surface area contributed by atoms with Crippen LogP contribution in [0.3, 0.4) is 0 Å². The van der Waals surface area contributed by atoms with E-state index >= 15 is 0 Å². The first kappa shape index (κ1) is 28.4. The summed E-state index contributed by atoms with van der Waals surface area (Å²) in [6.07, 6.45) is 5.19. The van der Waals surface area contributed by atoms with Gasteiger partial charge in [-0.2, -0.15) is 0 Å². The molecular weight excluding hydrogens is 526 g/mol. The fourth-order valence-corrected chi connectivity index (χ4v) is 5.47. The molecule has 2 aliphatic rings. The number of ether oxygens (including phenoxy) is 2. The van der Waals surface area contributed by atoms with Gasteiger partial charge in [-0.25, -0.2) is 14.6 Å². The van der Waals surface area contributed by atoms with E-state index in [0.717, 1.165) is 41.6 Å². The van der Waals surface area contributed by atoms with E-state index in [1.165, 1.54) is 6.07 Å². The number of allylic oxidation sites excluding steroid dienone is 1. The number of nitrogens with zero attached hydrogens (tertiary/aromatic N) is 2. The summed E-state index contributed by atoms with van der Waals surface area (Å²) in [6, 6.07) is 8.40. The SMILES string of the molecule is C/C=C(\CCO)C(=O)OC(C)(C)[C@]1(Cc2cc(N)ncc2CC(=O)N2CCC2)Cc2cc3ccc(=O)oc3cc2O1. The number of aliphatic hydroxyl groups excluding tert-OH is 1. The van der Waals surface area contributed by atoms with E-state index in [2.05, 4.69) is 4.98 Å². The number of nitrogen functional groups attached to an aromatic ring is 1. The Morgan fingerprint density at radius 2 is 2.00 bits per heavy atom. The van der Waals surface area contributed by atoms with E-state index in [0.29, 0.717) is 29.1 Å². The molecule has 0 aliphatic carbocycles. The second kappa shape index (κ2) is 11.0. The molecule has 1 amide bonds. The maximum atomic E-state index is 13.2. The minimum absolute atomic E-state index is 0.0162. The maximum absolute atomic E-state index is 13.2. The molecule has 0 bridgehead atoms. The second-order valence-electron chi connectivity index (χ2n) is 11.2. The predicted octanol–water partition coefficient (Wildman–Crippen LogP) is 3.11. The highest BCUT2D eigenvalue weighted by atomic mass is 16.6. The molecule has 41 heavy (non-hydrogen) atoms. The quantitative estimate of drug-likeness (QED) is 0.229. The number of likely N-dealkylation sites (tertiary alicyclic amines) is 1. The predicted molar refractivity (Wildman–Crippen MR) is 152 cm³/mol. The third-order valence-corrected chi connectivity index (χ3v) is 8.15. The van der Waals surface area contributed by atoms with Crippen LogP contribution >= 0.6 is 0 Å². The highest BCUT2D eigenvalue weighted by molar-refractivity contribution is 5.88. The molecule has 2 aliphatic heterocycles. The summed E-state index contributed by atoms with van der Waals surface area (Å²) >= 11 is 0. The third-order valence-electron chi connectivity index (χ3n) is 8.15. The Kier molecular flexibility index (Phi) is 7.61. The number of esters is 1. The number of hydrogen-bond acceptors (Lipinski definition) is 9. The Bertz CT molecular complexity index is 1590. The van der Waals surface area contributed by atoms with Crippen molar-refractivity contribution in [2.24, 2.45) is 0 Å². The van der Waals surface area contributed by atoms with E-state index in [1.807, 2.05) is 11.0 Å². The van der Waals surface area contributed by atoms with Crippen molar-refractivity contribution in [1.29, 1.82) is 0 Å². The molecule has 3 N–H and O–H groups in total. The molecule has 3 aromatic rings. The third kappa shape index (κ3) is 5.56. The largest absolute Gasteiger partial charge is 0.482 e. The van der Waals surface area contributed by atoms with Gasteiger partial charge in [0.25, 0.3) is 0 Å². The van der Waals surface area contributed by atoms with Gasteiger partial charge in [0.1, 0.15) is 22.8 Å². The normalized spacial score (nSPS) is 18.5. The average Bonchev–Trinajstić information content (AvgIpc) is 3.24. The maximum Gasteiger partial charge on any atom is 0.336 e. The summed E-state index contributed by atoms with van der Waals surface area (Å²) in [4.78, 5) is 44.1. The molecule has 0 saturated carbocycles. The van der Waals surface area contributed by atoms with Gasteiger partial charge in [-0.3, -0.25) is 4.79 Å². The molecule has 1 aromatic carbocycles. The number of amides is 1. The summed E-state index contributed by atoms with van der Waals surface area (Å²) in [5.74, 6) is 0.275. The lowest BCUT2D eigenvalue weighted by Crippen LogP contribution is -2.58. The van der Waals surface area contributed by atoms with Crippen LogP contribution in [0, 0.1) is 0 Å². The molecule has 0 radical (unpaired) electrons. The molecule has 10 nitrogen and oxygen atoms in total. The zero-order chi connectivity index (χ0) is 29.4. The van der Waals surface area contributed by atoms with Crippen LogP contribution < -0.4 is 16.1 Å². The zero-order valence-electron chi connectivity index (χ0n) is 23.6. The highest BCUT2D eigenvalue weighted by Gasteiger charge is 2.54. The second-order valence-corrected chi connectivity index (χ2v) is 11.2. The number of carbonyl (C=O) groups excluding carboxylic acids is 2. The summed E-state index contributed by atoms with van der Waals surface area (Å²) in [5.41, 5.74) is 6.41. The van der Waals surface area contributed by atoms with E-state index in [1.54, 1.807) is 51.2 Å².